The van der Waals surface area contributed by atoms with Gasteiger partial charge in [-0.25, -0.2) is 0 Å². The van der Waals surface area contributed by atoms with E-state index >= 15 is 0 Å². The Morgan fingerprint density at radius 1 is 1.19 bits per heavy atom. The van der Waals surface area contributed by atoms with Crippen molar-refractivity contribution in [3.05, 3.63) is 52.0 Å². The van der Waals surface area contributed by atoms with Gasteiger partial charge in [0.1, 0.15) is 6.29 Å². The van der Waals surface area contributed by atoms with Crippen LogP contribution in [-0.2, 0) is 17.6 Å². The molecular formula is C20H22ClNO4. The molecule has 138 valence electrons. The number of amides is 1. The molecule has 0 aliphatic carbocycles. The highest BCUT2D eigenvalue weighted by Gasteiger charge is 2.15. The molecule has 0 fully saturated rings. The van der Waals surface area contributed by atoms with E-state index in [9.17, 15) is 9.59 Å². The molecule has 0 aliphatic rings. The molecule has 0 bridgehead atoms. The number of para-hydroxylation sites is 1. The Labute approximate surface area is 158 Å². The summed E-state index contributed by atoms with van der Waals surface area (Å²) in [6.45, 7) is 3.86. The van der Waals surface area contributed by atoms with E-state index in [4.69, 9.17) is 21.1 Å². The number of hydrogen-bond donors (Lipinski definition) is 1. The van der Waals surface area contributed by atoms with Crippen LogP contribution in [0.3, 0.4) is 0 Å². The number of ether oxygens (including phenoxy) is 2. The van der Waals surface area contributed by atoms with E-state index in [1.807, 2.05) is 32.0 Å². The van der Waals surface area contributed by atoms with E-state index < -0.39 is 0 Å². The number of aryl methyl sites for hydroxylation is 2. The molecule has 2 aromatic carbocycles. The first kappa shape index (κ1) is 19.8. The van der Waals surface area contributed by atoms with Crippen molar-refractivity contribution in [2.24, 2.45) is 0 Å². The van der Waals surface area contributed by atoms with Crippen LogP contribution in [0.1, 0.15) is 35.3 Å². The lowest BCUT2D eigenvalue weighted by molar-refractivity contribution is -0.118. The first-order chi connectivity index (χ1) is 12.5. The summed E-state index contributed by atoms with van der Waals surface area (Å²) in [7, 11) is 1.44. The molecule has 0 unspecified atom stereocenters. The van der Waals surface area contributed by atoms with Gasteiger partial charge in [-0.2, -0.15) is 0 Å². The third-order valence-electron chi connectivity index (χ3n) is 4.00. The molecule has 2 aromatic rings. The monoisotopic (exact) mass is 375 g/mol. The van der Waals surface area contributed by atoms with Crippen LogP contribution in [0, 0.1) is 0 Å². The van der Waals surface area contributed by atoms with Crippen molar-refractivity contribution < 1.29 is 19.1 Å². The SMILES string of the molecule is CCc1cccc(CC)c1NC(=O)COc1c(Cl)cc(C=O)cc1OC. The molecule has 6 heteroatoms. The predicted molar refractivity (Wildman–Crippen MR) is 103 cm³/mol. The van der Waals surface area contributed by atoms with Gasteiger partial charge in [-0.05, 0) is 36.1 Å². The zero-order valence-electron chi connectivity index (χ0n) is 15.1. The fraction of sp³-hybridized carbons (Fsp3) is 0.300. The summed E-state index contributed by atoms with van der Waals surface area (Å²) in [6, 6.07) is 8.95. The summed E-state index contributed by atoms with van der Waals surface area (Å²) in [5, 5.41) is 3.14. The molecular weight excluding hydrogens is 354 g/mol. The average molecular weight is 376 g/mol. The van der Waals surface area contributed by atoms with Gasteiger partial charge in [-0.3, -0.25) is 9.59 Å². The Bertz CT molecular complexity index is 782. The molecule has 0 radical (unpaired) electrons. The molecule has 0 aromatic heterocycles. The Hall–Kier alpha value is -2.53. The molecule has 0 saturated heterocycles. The van der Waals surface area contributed by atoms with Gasteiger partial charge in [-0.1, -0.05) is 43.6 Å². The third-order valence-corrected chi connectivity index (χ3v) is 4.28. The number of methoxy groups -OCH3 is 1. The third kappa shape index (κ3) is 4.55. The van der Waals surface area contributed by atoms with E-state index in [0.717, 1.165) is 29.7 Å². The quantitative estimate of drug-likeness (QED) is 0.698. The van der Waals surface area contributed by atoms with E-state index in [-0.39, 0.29) is 23.3 Å². The molecule has 0 spiro atoms. The summed E-state index contributed by atoms with van der Waals surface area (Å²) >= 11 is 6.14. The highest BCUT2D eigenvalue weighted by Crippen LogP contribution is 2.36. The van der Waals surface area contributed by atoms with Crippen LogP contribution in [0.4, 0.5) is 5.69 Å². The molecule has 0 heterocycles. The number of anilines is 1. The van der Waals surface area contributed by atoms with Gasteiger partial charge in [-0.15, -0.1) is 0 Å². The normalized spacial score (nSPS) is 10.3. The van der Waals surface area contributed by atoms with Gasteiger partial charge in [0.2, 0.25) is 0 Å². The summed E-state index contributed by atoms with van der Waals surface area (Å²) in [5.41, 5.74) is 3.35. The summed E-state index contributed by atoms with van der Waals surface area (Å²) in [4.78, 5) is 23.3. The Kier molecular flexibility index (Phi) is 7.04. The number of nitrogens with one attached hydrogen (secondary N) is 1. The van der Waals surface area contributed by atoms with Crippen LogP contribution in [-0.4, -0.2) is 25.9 Å². The average Bonchev–Trinajstić information content (AvgIpc) is 2.66. The Morgan fingerprint density at radius 3 is 2.38 bits per heavy atom. The van der Waals surface area contributed by atoms with E-state index in [2.05, 4.69) is 5.32 Å². The van der Waals surface area contributed by atoms with Crippen molar-refractivity contribution in [2.45, 2.75) is 26.7 Å². The van der Waals surface area contributed by atoms with Crippen molar-refractivity contribution in [2.75, 3.05) is 19.0 Å². The van der Waals surface area contributed by atoms with Crippen molar-refractivity contribution in [3.8, 4) is 11.5 Å². The minimum Gasteiger partial charge on any atom is -0.493 e. The molecule has 0 atom stereocenters. The van der Waals surface area contributed by atoms with Crippen LogP contribution in [0.5, 0.6) is 11.5 Å². The maximum absolute atomic E-state index is 12.4. The van der Waals surface area contributed by atoms with Crippen LogP contribution in [0.2, 0.25) is 5.02 Å². The van der Waals surface area contributed by atoms with Gasteiger partial charge >= 0.3 is 0 Å². The zero-order valence-corrected chi connectivity index (χ0v) is 15.9. The van der Waals surface area contributed by atoms with Crippen LogP contribution >= 0.6 is 11.6 Å². The van der Waals surface area contributed by atoms with Crippen molar-refractivity contribution >= 4 is 29.5 Å². The molecule has 0 aliphatic heterocycles. The second-order valence-electron chi connectivity index (χ2n) is 5.65. The highest BCUT2D eigenvalue weighted by atomic mass is 35.5. The molecule has 1 N–H and O–H groups in total. The lowest BCUT2D eigenvalue weighted by Crippen LogP contribution is -2.22. The van der Waals surface area contributed by atoms with Crippen LogP contribution in [0.25, 0.3) is 0 Å². The van der Waals surface area contributed by atoms with E-state index in [1.165, 1.54) is 19.2 Å². The van der Waals surface area contributed by atoms with Gasteiger partial charge in [0, 0.05) is 11.3 Å². The van der Waals surface area contributed by atoms with Crippen LogP contribution in [0.15, 0.2) is 30.3 Å². The van der Waals surface area contributed by atoms with Gasteiger partial charge in [0.15, 0.2) is 18.1 Å². The number of halogens is 1. The van der Waals surface area contributed by atoms with Gasteiger partial charge in [0.05, 0.1) is 12.1 Å². The second kappa shape index (κ2) is 9.25. The van der Waals surface area contributed by atoms with Gasteiger partial charge in [0.25, 0.3) is 5.91 Å². The topological polar surface area (TPSA) is 64.6 Å². The molecule has 1 amide bonds. The van der Waals surface area contributed by atoms with Crippen molar-refractivity contribution in [3.63, 3.8) is 0 Å². The molecule has 5 nitrogen and oxygen atoms in total. The Morgan fingerprint density at radius 2 is 1.85 bits per heavy atom. The minimum atomic E-state index is -0.293. The molecule has 26 heavy (non-hydrogen) atoms. The number of carbonyl (C=O) groups is 2. The summed E-state index contributed by atoms with van der Waals surface area (Å²) < 4.78 is 10.7. The lowest BCUT2D eigenvalue weighted by atomic mass is 10.0. The maximum atomic E-state index is 12.4. The maximum Gasteiger partial charge on any atom is 0.262 e. The highest BCUT2D eigenvalue weighted by molar-refractivity contribution is 6.32. The minimum absolute atomic E-state index is 0.211. The number of benzene rings is 2. The van der Waals surface area contributed by atoms with Gasteiger partial charge < -0.3 is 14.8 Å². The zero-order chi connectivity index (χ0) is 19.1. The largest absolute Gasteiger partial charge is 0.493 e. The van der Waals surface area contributed by atoms with Crippen molar-refractivity contribution in [1.82, 2.24) is 0 Å². The number of aldehydes is 1. The Balaban J connectivity index is 2.15. The predicted octanol–water partition coefficient (Wildman–Crippen LogP) is 4.30. The van der Waals surface area contributed by atoms with Crippen LogP contribution < -0.4 is 14.8 Å². The summed E-state index contributed by atoms with van der Waals surface area (Å²) in [5.74, 6) is 0.239. The summed E-state index contributed by atoms with van der Waals surface area (Å²) in [6.07, 6.45) is 2.30. The lowest BCUT2D eigenvalue weighted by Gasteiger charge is -2.16. The van der Waals surface area contributed by atoms with E-state index in [1.54, 1.807) is 0 Å². The first-order valence-electron chi connectivity index (χ1n) is 8.40. The first-order valence-corrected chi connectivity index (χ1v) is 8.77. The number of rotatable bonds is 8. The molecule has 0 saturated carbocycles. The second-order valence-corrected chi connectivity index (χ2v) is 6.05. The van der Waals surface area contributed by atoms with Crippen molar-refractivity contribution in [1.29, 1.82) is 0 Å². The molecule has 2 rings (SSSR count). The standard InChI is InChI=1S/C20H22ClNO4/c1-4-14-7-6-8-15(5-2)19(14)22-18(24)12-26-20-16(21)9-13(11-23)10-17(20)25-3/h6-11H,4-5,12H2,1-3H3,(H,22,24). The smallest absolute Gasteiger partial charge is 0.262 e. The van der Waals surface area contributed by atoms with E-state index in [0.29, 0.717) is 17.6 Å². The fourth-order valence-corrected chi connectivity index (χ4v) is 2.94. The number of carbonyl (C=O) groups excluding carboxylic acids is 2. The number of hydrogen-bond acceptors (Lipinski definition) is 4. The fourth-order valence-electron chi connectivity index (χ4n) is 2.66.